The number of nitrogens with zero attached hydrogens (tertiary/aromatic N) is 2. The molecule has 0 saturated heterocycles. The number of carbonyl (C=O) groups excluding carboxylic acids is 1. The van der Waals surface area contributed by atoms with E-state index < -0.39 is 11.9 Å². The molecule has 0 aliphatic rings. The Balaban J connectivity index is 1.95. The van der Waals surface area contributed by atoms with Crippen molar-refractivity contribution in [3.8, 4) is 5.75 Å². The highest BCUT2D eigenvalue weighted by atomic mass is 35.5. The molecule has 0 aliphatic carbocycles. The quantitative estimate of drug-likeness (QED) is 0.874. The fraction of sp³-hybridized carbons (Fsp3) is 0.0769. The van der Waals surface area contributed by atoms with E-state index in [1.807, 2.05) is 0 Å². The second kappa shape index (κ2) is 6.67. The maximum atomic E-state index is 11.6. The van der Waals surface area contributed by atoms with Crippen LogP contribution in [0.3, 0.4) is 0 Å². The average molecular weight is 308 g/mol. The van der Waals surface area contributed by atoms with Crippen LogP contribution in [0.25, 0.3) is 0 Å². The van der Waals surface area contributed by atoms with Crippen molar-refractivity contribution in [2.75, 3.05) is 11.9 Å². The number of nitrogens with one attached hydrogen (secondary N) is 1. The normalized spacial score (nSPS) is 9.95. The van der Waals surface area contributed by atoms with Gasteiger partial charge in [0.05, 0.1) is 10.6 Å². The van der Waals surface area contributed by atoms with Crippen LogP contribution in [0.5, 0.6) is 5.75 Å². The van der Waals surface area contributed by atoms with Gasteiger partial charge < -0.3 is 9.84 Å². The Labute approximate surface area is 124 Å². The van der Waals surface area contributed by atoms with E-state index in [2.05, 4.69) is 15.3 Å². The van der Waals surface area contributed by atoms with E-state index in [-0.39, 0.29) is 28.9 Å². The molecular formula is C13H10ClN3O4. The lowest BCUT2D eigenvalue weighted by Gasteiger charge is -2.07. The van der Waals surface area contributed by atoms with Crippen molar-refractivity contribution >= 4 is 29.4 Å². The third-order valence-electron chi connectivity index (χ3n) is 2.36. The van der Waals surface area contributed by atoms with Gasteiger partial charge in [0.15, 0.2) is 6.61 Å². The van der Waals surface area contributed by atoms with E-state index in [0.29, 0.717) is 0 Å². The number of aromatic carboxylic acids is 1. The van der Waals surface area contributed by atoms with Crippen LogP contribution in [-0.2, 0) is 4.79 Å². The lowest BCUT2D eigenvalue weighted by Crippen LogP contribution is -2.21. The van der Waals surface area contributed by atoms with E-state index in [0.717, 1.165) is 0 Å². The summed E-state index contributed by atoms with van der Waals surface area (Å²) in [4.78, 5) is 30.2. The second-order valence-corrected chi connectivity index (χ2v) is 4.26. The topological polar surface area (TPSA) is 101 Å². The van der Waals surface area contributed by atoms with Crippen molar-refractivity contribution < 1.29 is 19.4 Å². The van der Waals surface area contributed by atoms with Crippen LogP contribution in [0.4, 0.5) is 5.95 Å². The Morgan fingerprint density at radius 3 is 2.67 bits per heavy atom. The summed E-state index contributed by atoms with van der Waals surface area (Å²) in [6.45, 7) is -0.307. The highest BCUT2D eigenvalue weighted by Gasteiger charge is 2.11. The number of aromatic nitrogens is 2. The SMILES string of the molecule is O=C(COc1ccc(Cl)c(C(=O)O)c1)Nc1ncccn1. The van der Waals surface area contributed by atoms with Crippen LogP contribution in [-0.4, -0.2) is 33.6 Å². The number of rotatable bonds is 5. The first-order valence-electron chi connectivity index (χ1n) is 5.79. The predicted molar refractivity (Wildman–Crippen MR) is 74.6 cm³/mol. The number of benzene rings is 1. The molecule has 0 atom stereocenters. The number of hydrogen-bond acceptors (Lipinski definition) is 5. The summed E-state index contributed by atoms with van der Waals surface area (Å²) in [5.74, 6) is -1.25. The van der Waals surface area contributed by atoms with Crippen LogP contribution in [0, 0.1) is 0 Å². The van der Waals surface area contributed by atoms with Crippen molar-refractivity contribution in [3.63, 3.8) is 0 Å². The van der Waals surface area contributed by atoms with Gasteiger partial charge in [-0.05, 0) is 24.3 Å². The van der Waals surface area contributed by atoms with Gasteiger partial charge in [0.25, 0.3) is 5.91 Å². The Hall–Kier alpha value is -2.67. The molecule has 108 valence electrons. The van der Waals surface area contributed by atoms with Gasteiger partial charge in [0, 0.05) is 12.4 Å². The molecule has 2 N–H and O–H groups in total. The van der Waals surface area contributed by atoms with E-state index in [4.69, 9.17) is 21.4 Å². The minimum absolute atomic E-state index is 0.0944. The van der Waals surface area contributed by atoms with Gasteiger partial charge >= 0.3 is 5.97 Å². The highest BCUT2D eigenvalue weighted by molar-refractivity contribution is 6.33. The standard InChI is InChI=1S/C13H10ClN3O4/c14-10-3-2-8(6-9(10)12(19)20)21-7-11(18)17-13-15-4-1-5-16-13/h1-6H,7H2,(H,19,20)(H,15,16,17,18). The van der Waals surface area contributed by atoms with Gasteiger partial charge in [-0.3, -0.25) is 10.1 Å². The minimum atomic E-state index is -1.17. The molecule has 1 amide bonds. The molecule has 0 radical (unpaired) electrons. The first-order chi connectivity index (χ1) is 10.1. The van der Waals surface area contributed by atoms with E-state index >= 15 is 0 Å². The number of carbonyl (C=O) groups is 2. The summed E-state index contributed by atoms with van der Waals surface area (Å²) in [6, 6.07) is 5.73. The van der Waals surface area contributed by atoms with Crippen molar-refractivity contribution in [2.24, 2.45) is 0 Å². The average Bonchev–Trinajstić information content (AvgIpc) is 2.47. The molecular weight excluding hydrogens is 298 g/mol. The molecule has 0 saturated carbocycles. The maximum absolute atomic E-state index is 11.6. The number of amides is 1. The van der Waals surface area contributed by atoms with Crippen LogP contribution in [0.15, 0.2) is 36.7 Å². The first-order valence-corrected chi connectivity index (χ1v) is 6.16. The van der Waals surface area contributed by atoms with Crippen molar-refractivity contribution in [2.45, 2.75) is 0 Å². The van der Waals surface area contributed by atoms with Gasteiger partial charge in [-0.1, -0.05) is 11.6 Å². The number of halogens is 1. The van der Waals surface area contributed by atoms with Crippen LogP contribution in [0.1, 0.15) is 10.4 Å². The largest absolute Gasteiger partial charge is 0.484 e. The summed E-state index contributed by atoms with van der Waals surface area (Å²) >= 11 is 5.73. The molecule has 1 heterocycles. The van der Waals surface area contributed by atoms with Gasteiger partial charge in [-0.25, -0.2) is 14.8 Å². The fourth-order valence-electron chi connectivity index (χ4n) is 1.43. The van der Waals surface area contributed by atoms with Crippen molar-refractivity contribution in [1.82, 2.24) is 9.97 Å². The summed E-state index contributed by atoms with van der Waals surface area (Å²) in [6.07, 6.45) is 2.98. The maximum Gasteiger partial charge on any atom is 0.337 e. The van der Waals surface area contributed by atoms with Gasteiger partial charge in [-0.2, -0.15) is 0 Å². The Morgan fingerprint density at radius 1 is 1.29 bits per heavy atom. The van der Waals surface area contributed by atoms with Gasteiger partial charge in [0.2, 0.25) is 5.95 Å². The molecule has 0 spiro atoms. The molecule has 0 aliphatic heterocycles. The number of ether oxygens (including phenoxy) is 1. The zero-order chi connectivity index (χ0) is 15.2. The van der Waals surface area contributed by atoms with Crippen LogP contribution < -0.4 is 10.1 Å². The Kier molecular flexibility index (Phi) is 4.68. The number of anilines is 1. The van der Waals surface area contributed by atoms with Crippen molar-refractivity contribution in [3.05, 3.63) is 47.2 Å². The summed E-state index contributed by atoms with van der Waals surface area (Å²) in [7, 11) is 0. The molecule has 0 fully saturated rings. The first kappa shape index (κ1) is 14.7. The minimum Gasteiger partial charge on any atom is -0.484 e. The molecule has 0 bridgehead atoms. The summed E-state index contributed by atoms with van der Waals surface area (Å²) in [5, 5.41) is 11.5. The molecule has 2 rings (SSSR count). The lowest BCUT2D eigenvalue weighted by atomic mass is 10.2. The third kappa shape index (κ3) is 4.15. The molecule has 21 heavy (non-hydrogen) atoms. The van der Waals surface area contributed by atoms with Crippen LogP contribution >= 0.6 is 11.6 Å². The molecule has 8 heteroatoms. The van der Waals surface area contributed by atoms with Crippen LogP contribution in [0.2, 0.25) is 5.02 Å². The number of carboxylic acids is 1. The molecule has 2 aromatic rings. The number of hydrogen-bond donors (Lipinski definition) is 2. The van der Waals surface area contributed by atoms with E-state index in [9.17, 15) is 9.59 Å². The van der Waals surface area contributed by atoms with E-state index in [1.165, 1.54) is 30.6 Å². The molecule has 0 unspecified atom stereocenters. The Morgan fingerprint density at radius 2 is 2.00 bits per heavy atom. The smallest absolute Gasteiger partial charge is 0.337 e. The Bertz CT molecular complexity index is 664. The molecule has 1 aromatic carbocycles. The second-order valence-electron chi connectivity index (χ2n) is 3.86. The third-order valence-corrected chi connectivity index (χ3v) is 2.68. The molecule has 1 aromatic heterocycles. The summed E-state index contributed by atoms with van der Waals surface area (Å²) < 4.78 is 5.20. The predicted octanol–water partition coefficient (Wildman–Crippen LogP) is 1.85. The number of carboxylic acid groups (broad SMARTS) is 1. The zero-order valence-corrected chi connectivity index (χ0v) is 11.4. The van der Waals surface area contributed by atoms with E-state index in [1.54, 1.807) is 6.07 Å². The summed E-state index contributed by atoms with van der Waals surface area (Å²) in [5.41, 5.74) is -0.0963. The van der Waals surface area contributed by atoms with Crippen molar-refractivity contribution in [1.29, 1.82) is 0 Å². The fourth-order valence-corrected chi connectivity index (χ4v) is 1.63. The van der Waals surface area contributed by atoms with Gasteiger partial charge in [0.1, 0.15) is 5.75 Å². The zero-order valence-electron chi connectivity index (χ0n) is 10.6. The van der Waals surface area contributed by atoms with Gasteiger partial charge in [-0.15, -0.1) is 0 Å². The highest BCUT2D eigenvalue weighted by Crippen LogP contribution is 2.22. The monoisotopic (exact) mass is 307 g/mol. The molecule has 7 nitrogen and oxygen atoms in total. The lowest BCUT2D eigenvalue weighted by molar-refractivity contribution is -0.118.